The quantitative estimate of drug-likeness (QED) is 0.896. The van der Waals surface area contributed by atoms with Crippen molar-refractivity contribution in [3.8, 4) is 0 Å². The van der Waals surface area contributed by atoms with Crippen LogP contribution in [-0.2, 0) is 5.41 Å². The summed E-state index contributed by atoms with van der Waals surface area (Å²) in [5.41, 5.74) is 0.475. The van der Waals surface area contributed by atoms with Gasteiger partial charge in [0.1, 0.15) is 4.88 Å². The Morgan fingerprint density at radius 1 is 1.50 bits per heavy atom. The maximum Gasteiger partial charge on any atom is 0.347 e. The van der Waals surface area contributed by atoms with E-state index >= 15 is 0 Å². The van der Waals surface area contributed by atoms with Gasteiger partial charge in [-0.25, -0.2) is 9.78 Å². The zero-order chi connectivity index (χ0) is 13.5. The van der Waals surface area contributed by atoms with Crippen molar-refractivity contribution in [2.45, 2.75) is 39.5 Å². The van der Waals surface area contributed by atoms with E-state index in [4.69, 9.17) is 0 Å². The number of hydrogen-bond acceptors (Lipinski definition) is 4. The number of aromatic nitrogens is 1. The van der Waals surface area contributed by atoms with Crippen LogP contribution in [0.4, 0.5) is 5.13 Å². The molecule has 1 unspecified atom stereocenters. The van der Waals surface area contributed by atoms with Gasteiger partial charge in [-0.1, -0.05) is 39.0 Å². The molecule has 1 aromatic rings. The van der Waals surface area contributed by atoms with Gasteiger partial charge in [0, 0.05) is 18.5 Å². The van der Waals surface area contributed by atoms with Crippen LogP contribution in [0.1, 0.15) is 49.5 Å². The summed E-state index contributed by atoms with van der Waals surface area (Å²) in [5.74, 6) is -0.198. The smallest absolute Gasteiger partial charge is 0.347 e. The second-order valence-electron chi connectivity index (χ2n) is 6.07. The molecule has 1 atom stereocenters. The van der Waals surface area contributed by atoms with Gasteiger partial charge in [-0.15, -0.1) is 0 Å². The number of rotatable bonds is 2. The number of carbonyl (C=O) groups is 1. The summed E-state index contributed by atoms with van der Waals surface area (Å²) in [6.45, 7) is 10.2. The van der Waals surface area contributed by atoms with Crippen molar-refractivity contribution in [3.05, 3.63) is 10.6 Å². The maximum atomic E-state index is 11.3. The first kappa shape index (κ1) is 13.3. The normalized spacial score (nSPS) is 20.4. The van der Waals surface area contributed by atoms with Crippen LogP contribution in [-0.4, -0.2) is 29.1 Å². The molecule has 2 rings (SSSR count). The Morgan fingerprint density at radius 2 is 2.17 bits per heavy atom. The Bertz CT molecular complexity index is 462. The van der Waals surface area contributed by atoms with Gasteiger partial charge >= 0.3 is 5.97 Å². The van der Waals surface area contributed by atoms with E-state index < -0.39 is 5.97 Å². The van der Waals surface area contributed by atoms with E-state index in [0.29, 0.717) is 16.5 Å². The molecule has 100 valence electrons. The van der Waals surface area contributed by atoms with Gasteiger partial charge in [0.2, 0.25) is 0 Å². The lowest BCUT2D eigenvalue weighted by Gasteiger charge is -2.17. The highest BCUT2D eigenvalue weighted by atomic mass is 32.1. The fraction of sp³-hybridized carbons (Fsp3) is 0.692. The predicted octanol–water partition coefficient (Wildman–Crippen LogP) is 2.99. The summed E-state index contributed by atoms with van der Waals surface area (Å²) >= 11 is 1.31. The summed E-state index contributed by atoms with van der Waals surface area (Å²) in [4.78, 5) is 18.5. The minimum atomic E-state index is -0.865. The first-order chi connectivity index (χ1) is 8.29. The van der Waals surface area contributed by atoms with Crippen molar-refractivity contribution in [1.29, 1.82) is 0 Å². The standard InChI is InChI=1S/C13H20N2O2S/c1-8-5-6-15(7-8)12-14-10(13(2,3)4)9(18-12)11(16)17/h8H,5-7H2,1-4H3,(H,16,17). The molecule has 0 aliphatic carbocycles. The lowest BCUT2D eigenvalue weighted by atomic mass is 9.91. The van der Waals surface area contributed by atoms with Crippen LogP contribution in [0.5, 0.6) is 0 Å². The third kappa shape index (κ3) is 2.51. The van der Waals surface area contributed by atoms with E-state index in [0.717, 1.165) is 24.6 Å². The molecular formula is C13H20N2O2S. The first-order valence-electron chi connectivity index (χ1n) is 6.28. The molecule has 18 heavy (non-hydrogen) atoms. The molecular weight excluding hydrogens is 248 g/mol. The highest BCUT2D eigenvalue weighted by Crippen LogP contribution is 2.35. The molecule has 1 aromatic heterocycles. The summed E-state index contributed by atoms with van der Waals surface area (Å²) < 4.78 is 0. The highest BCUT2D eigenvalue weighted by molar-refractivity contribution is 7.17. The van der Waals surface area contributed by atoms with Gasteiger partial charge in [0.25, 0.3) is 0 Å². The number of anilines is 1. The molecule has 2 heterocycles. The molecule has 0 spiro atoms. The van der Waals surface area contributed by atoms with Gasteiger partial charge in [-0.2, -0.15) is 0 Å². The third-order valence-electron chi connectivity index (χ3n) is 3.21. The minimum Gasteiger partial charge on any atom is -0.477 e. The zero-order valence-corrected chi connectivity index (χ0v) is 12.2. The number of carboxylic acids is 1. The Hall–Kier alpha value is -1.10. The number of thiazole rings is 1. The van der Waals surface area contributed by atoms with Crippen LogP contribution in [0.3, 0.4) is 0 Å². The molecule has 4 nitrogen and oxygen atoms in total. The van der Waals surface area contributed by atoms with Crippen molar-refractivity contribution in [1.82, 2.24) is 4.98 Å². The number of carboxylic acid groups (broad SMARTS) is 1. The van der Waals surface area contributed by atoms with Crippen molar-refractivity contribution in [2.75, 3.05) is 18.0 Å². The Labute approximate surface area is 112 Å². The van der Waals surface area contributed by atoms with Gasteiger partial charge in [-0.05, 0) is 12.3 Å². The number of hydrogen-bond donors (Lipinski definition) is 1. The Balaban J connectivity index is 2.37. The van der Waals surface area contributed by atoms with Crippen LogP contribution in [0, 0.1) is 5.92 Å². The molecule has 1 N–H and O–H groups in total. The fourth-order valence-electron chi connectivity index (χ4n) is 2.21. The fourth-order valence-corrected chi connectivity index (χ4v) is 3.36. The van der Waals surface area contributed by atoms with E-state index in [1.54, 1.807) is 0 Å². The molecule has 0 bridgehead atoms. The predicted molar refractivity (Wildman–Crippen MR) is 73.8 cm³/mol. The van der Waals surface area contributed by atoms with Gasteiger partial charge in [0.15, 0.2) is 5.13 Å². The van der Waals surface area contributed by atoms with Crippen molar-refractivity contribution in [3.63, 3.8) is 0 Å². The van der Waals surface area contributed by atoms with Crippen molar-refractivity contribution < 1.29 is 9.90 Å². The lowest BCUT2D eigenvalue weighted by molar-refractivity contribution is 0.0699. The molecule has 0 saturated carbocycles. The van der Waals surface area contributed by atoms with Gasteiger partial charge < -0.3 is 10.0 Å². The third-order valence-corrected chi connectivity index (χ3v) is 4.32. The average Bonchev–Trinajstić information content (AvgIpc) is 2.81. The molecule has 1 aliphatic heterocycles. The van der Waals surface area contributed by atoms with Crippen LogP contribution < -0.4 is 4.90 Å². The van der Waals surface area contributed by atoms with E-state index in [1.807, 2.05) is 20.8 Å². The topological polar surface area (TPSA) is 53.4 Å². The number of aromatic carboxylic acids is 1. The second kappa shape index (κ2) is 4.53. The highest BCUT2D eigenvalue weighted by Gasteiger charge is 2.30. The van der Waals surface area contributed by atoms with Crippen LogP contribution in [0.25, 0.3) is 0 Å². The van der Waals surface area contributed by atoms with Crippen LogP contribution >= 0.6 is 11.3 Å². The summed E-state index contributed by atoms with van der Waals surface area (Å²) in [5, 5.41) is 10.2. The largest absolute Gasteiger partial charge is 0.477 e. The average molecular weight is 268 g/mol. The van der Waals surface area contributed by atoms with Crippen molar-refractivity contribution >= 4 is 22.4 Å². The lowest BCUT2D eigenvalue weighted by Crippen LogP contribution is -2.20. The molecule has 0 amide bonds. The second-order valence-corrected chi connectivity index (χ2v) is 7.05. The molecule has 1 aliphatic rings. The van der Waals surface area contributed by atoms with Crippen LogP contribution in [0.15, 0.2) is 0 Å². The molecule has 1 saturated heterocycles. The van der Waals surface area contributed by atoms with E-state index in [9.17, 15) is 9.90 Å². The first-order valence-corrected chi connectivity index (χ1v) is 7.10. The molecule has 0 aromatic carbocycles. The van der Waals surface area contributed by atoms with E-state index in [-0.39, 0.29) is 5.41 Å². The van der Waals surface area contributed by atoms with E-state index in [2.05, 4.69) is 16.8 Å². The van der Waals surface area contributed by atoms with E-state index in [1.165, 1.54) is 11.3 Å². The zero-order valence-electron chi connectivity index (χ0n) is 11.4. The molecule has 5 heteroatoms. The Kier molecular flexibility index (Phi) is 3.36. The summed E-state index contributed by atoms with van der Waals surface area (Å²) in [7, 11) is 0. The summed E-state index contributed by atoms with van der Waals surface area (Å²) in [6.07, 6.45) is 1.16. The SMILES string of the molecule is CC1CCN(c2nc(C(C)(C)C)c(C(=O)O)s2)C1. The van der Waals surface area contributed by atoms with Crippen molar-refractivity contribution in [2.24, 2.45) is 5.92 Å². The van der Waals surface area contributed by atoms with Crippen LogP contribution in [0.2, 0.25) is 0 Å². The molecule has 1 fully saturated rings. The molecule has 0 radical (unpaired) electrons. The van der Waals surface area contributed by atoms with Gasteiger partial charge in [-0.3, -0.25) is 0 Å². The van der Waals surface area contributed by atoms with Gasteiger partial charge in [0.05, 0.1) is 5.69 Å². The summed E-state index contributed by atoms with van der Waals surface area (Å²) in [6, 6.07) is 0. The maximum absolute atomic E-state index is 11.3. The number of nitrogens with zero attached hydrogens (tertiary/aromatic N) is 2. The monoisotopic (exact) mass is 268 g/mol. The Morgan fingerprint density at radius 3 is 2.56 bits per heavy atom. The minimum absolute atomic E-state index is 0.228.